The summed E-state index contributed by atoms with van der Waals surface area (Å²) in [6.45, 7) is 0.473. The van der Waals surface area contributed by atoms with Crippen molar-refractivity contribution in [3.8, 4) is 11.3 Å². The fourth-order valence-electron chi connectivity index (χ4n) is 1.97. The summed E-state index contributed by atoms with van der Waals surface area (Å²) in [6.07, 6.45) is 2.07. The van der Waals surface area contributed by atoms with Gasteiger partial charge in [-0.15, -0.1) is 0 Å². The van der Waals surface area contributed by atoms with Gasteiger partial charge in [-0.2, -0.15) is 0 Å². The fourth-order valence-corrected chi connectivity index (χ4v) is 1.97. The van der Waals surface area contributed by atoms with Crippen molar-refractivity contribution < 1.29 is 13.7 Å². The molecule has 0 aliphatic rings. The molecule has 0 aliphatic heterocycles. The van der Waals surface area contributed by atoms with Gasteiger partial charge in [-0.3, -0.25) is 4.79 Å². The lowest BCUT2D eigenvalue weighted by molar-refractivity contribution is 0.0926. The minimum Gasteiger partial charge on any atom is -0.459 e. The van der Waals surface area contributed by atoms with Crippen molar-refractivity contribution >= 4 is 5.91 Å². The summed E-state index contributed by atoms with van der Waals surface area (Å²) < 4.78 is 10.3. The van der Waals surface area contributed by atoms with E-state index in [1.165, 1.54) is 6.26 Å². The SMILES string of the molecule is O=C(NCCc1cc(-c2ccccc2)on1)c1ccco1. The highest BCUT2D eigenvalue weighted by molar-refractivity contribution is 5.91. The van der Waals surface area contributed by atoms with E-state index in [2.05, 4.69) is 10.5 Å². The molecule has 3 aromatic rings. The molecule has 0 spiro atoms. The van der Waals surface area contributed by atoms with Crippen LogP contribution in [0.15, 0.2) is 63.7 Å². The van der Waals surface area contributed by atoms with E-state index in [-0.39, 0.29) is 5.91 Å². The molecule has 0 atom stereocenters. The Kier molecular flexibility index (Phi) is 3.82. The van der Waals surface area contributed by atoms with E-state index in [9.17, 15) is 4.79 Å². The topological polar surface area (TPSA) is 68.3 Å². The summed E-state index contributed by atoms with van der Waals surface area (Å²) in [5.74, 6) is 0.801. The maximum atomic E-state index is 11.7. The number of carbonyl (C=O) groups excluding carboxylic acids is 1. The van der Waals surface area contributed by atoms with Crippen molar-refractivity contribution in [1.29, 1.82) is 0 Å². The minimum absolute atomic E-state index is 0.230. The lowest BCUT2D eigenvalue weighted by Gasteiger charge is -2.00. The number of carbonyl (C=O) groups is 1. The highest BCUT2D eigenvalue weighted by atomic mass is 16.5. The monoisotopic (exact) mass is 282 g/mol. The summed E-state index contributed by atoms with van der Waals surface area (Å²) in [7, 11) is 0. The van der Waals surface area contributed by atoms with Crippen LogP contribution in [-0.4, -0.2) is 17.6 Å². The molecule has 0 bridgehead atoms. The number of hydrogen-bond acceptors (Lipinski definition) is 4. The second kappa shape index (κ2) is 6.09. The number of rotatable bonds is 5. The van der Waals surface area contributed by atoms with Crippen LogP contribution < -0.4 is 5.32 Å². The number of amides is 1. The molecule has 0 saturated heterocycles. The molecule has 2 aromatic heterocycles. The molecule has 5 heteroatoms. The van der Waals surface area contributed by atoms with E-state index in [1.807, 2.05) is 36.4 Å². The Morgan fingerprint density at radius 2 is 2.00 bits per heavy atom. The van der Waals surface area contributed by atoms with E-state index < -0.39 is 0 Å². The molecular formula is C16H14N2O3. The van der Waals surface area contributed by atoms with Crippen molar-refractivity contribution in [2.45, 2.75) is 6.42 Å². The average molecular weight is 282 g/mol. The first-order chi connectivity index (χ1) is 10.3. The van der Waals surface area contributed by atoms with Crippen molar-refractivity contribution in [3.05, 3.63) is 66.2 Å². The minimum atomic E-state index is -0.230. The second-order valence-corrected chi connectivity index (χ2v) is 4.53. The van der Waals surface area contributed by atoms with E-state index in [4.69, 9.17) is 8.94 Å². The lowest BCUT2D eigenvalue weighted by Crippen LogP contribution is -2.25. The van der Waals surface area contributed by atoms with Gasteiger partial charge in [0.15, 0.2) is 11.5 Å². The Morgan fingerprint density at radius 1 is 1.14 bits per heavy atom. The third kappa shape index (κ3) is 3.20. The molecule has 21 heavy (non-hydrogen) atoms. The zero-order chi connectivity index (χ0) is 14.5. The molecule has 0 unspecified atom stereocenters. The molecule has 1 amide bonds. The number of aromatic nitrogens is 1. The number of benzene rings is 1. The average Bonchev–Trinajstić information content (AvgIpc) is 3.20. The van der Waals surface area contributed by atoms with Crippen LogP contribution in [0.25, 0.3) is 11.3 Å². The first-order valence-electron chi connectivity index (χ1n) is 6.65. The first kappa shape index (κ1) is 13.2. The van der Waals surface area contributed by atoms with Gasteiger partial charge in [-0.1, -0.05) is 35.5 Å². The Balaban J connectivity index is 1.55. The van der Waals surface area contributed by atoms with Gasteiger partial charge in [0.05, 0.1) is 12.0 Å². The highest BCUT2D eigenvalue weighted by Gasteiger charge is 2.09. The maximum Gasteiger partial charge on any atom is 0.286 e. The normalized spacial score (nSPS) is 10.5. The summed E-state index contributed by atoms with van der Waals surface area (Å²) in [5, 5.41) is 6.77. The summed E-state index contributed by atoms with van der Waals surface area (Å²) >= 11 is 0. The maximum absolute atomic E-state index is 11.7. The third-order valence-corrected chi connectivity index (χ3v) is 3.03. The molecule has 106 valence electrons. The molecule has 1 N–H and O–H groups in total. The third-order valence-electron chi connectivity index (χ3n) is 3.03. The quantitative estimate of drug-likeness (QED) is 0.781. The summed E-state index contributed by atoms with van der Waals surface area (Å²) in [6, 6.07) is 14.9. The smallest absolute Gasteiger partial charge is 0.286 e. The van der Waals surface area contributed by atoms with Crippen LogP contribution in [0.4, 0.5) is 0 Å². The highest BCUT2D eigenvalue weighted by Crippen LogP contribution is 2.19. The van der Waals surface area contributed by atoms with Crippen LogP contribution in [0.2, 0.25) is 0 Å². The van der Waals surface area contributed by atoms with Crippen LogP contribution in [0, 0.1) is 0 Å². The molecule has 2 heterocycles. The Labute approximate surface area is 121 Å². The van der Waals surface area contributed by atoms with Crippen molar-refractivity contribution in [2.24, 2.45) is 0 Å². The van der Waals surface area contributed by atoms with E-state index in [0.29, 0.717) is 18.7 Å². The molecule has 0 saturated carbocycles. The standard InChI is InChI=1S/C16H14N2O3/c19-16(14-7-4-10-20-14)17-9-8-13-11-15(21-18-13)12-5-2-1-3-6-12/h1-7,10-11H,8-9H2,(H,17,19). The van der Waals surface area contributed by atoms with Gasteiger partial charge in [-0.05, 0) is 12.1 Å². The Morgan fingerprint density at radius 3 is 2.76 bits per heavy atom. The zero-order valence-corrected chi connectivity index (χ0v) is 11.3. The fraction of sp³-hybridized carbons (Fsp3) is 0.125. The molecule has 0 radical (unpaired) electrons. The predicted molar refractivity (Wildman–Crippen MR) is 76.7 cm³/mol. The zero-order valence-electron chi connectivity index (χ0n) is 11.3. The predicted octanol–water partition coefficient (Wildman–Crippen LogP) is 2.91. The first-order valence-corrected chi connectivity index (χ1v) is 6.65. The number of hydrogen-bond donors (Lipinski definition) is 1. The molecule has 3 rings (SSSR count). The number of nitrogens with one attached hydrogen (secondary N) is 1. The van der Waals surface area contributed by atoms with Gasteiger partial charge in [-0.25, -0.2) is 0 Å². The summed E-state index contributed by atoms with van der Waals surface area (Å²) in [5.41, 5.74) is 1.78. The van der Waals surface area contributed by atoms with Crippen LogP contribution in [0.1, 0.15) is 16.2 Å². The Bertz CT molecular complexity index is 702. The largest absolute Gasteiger partial charge is 0.459 e. The van der Waals surface area contributed by atoms with Crippen molar-refractivity contribution in [1.82, 2.24) is 10.5 Å². The van der Waals surface area contributed by atoms with Crippen molar-refractivity contribution in [3.63, 3.8) is 0 Å². The van der Waals surface area contributed by atoms with Gasteiger partial charge in [0.25, 0.3) is 5.91 Å². The van der Waals surface area contributed by atoms with Crippen molar-refractivity contribution in [2.75, 3.05) is 6.54 Å². The van der Waals surface area contributed by atoms with Crippen LogP contribution >= 0.6 is 0 Å². The van der Waals surface area contributed by atoms with Gasteiger partial charge in [0, 0.05) is 24.6 Å². The van der Waals surface area contributed by atoms with Crippen LogP contribution in [0.3, 0.4) is 0 Å². The van der Waals surface area contributed by atoms with E-state index >= 15 is 0 Å². The Hall–Kier alpha value is -2.82. The number of nitrogens with zero attached hydrogens (tertiary/aromatic N) is 1. The lowest BCUT2D eigenvalue weighted by atomic mass is 10.1. The molecule has 0 fully saturated rings. The van der Waals surface area contributed by atoms with Gasteiger partial charge >= 0.3 is 0 Å². The van der Waals surface area contributed by atoms with Crippen LogP contribution in [-0.2, 0) is 6.42 Å². The molecular weight excluding hydrogens is 268 g/mol. The molecule has 5 nitrogen and oxygen atoms in total. The van der Waals surface area contributed by atoms with E-state index in [1.54, 1.807) is 12.1 Å². The van der Waals surface area contributed by atoms with E-state index in [0.717, 1.165) is 17.0 Å². The van der Waals surface area contributed by atoms with Crippen LogP contribution in [0.5, 0.6) is 0 Å². The second-order valence-electron chi connectivity index (χ2n) is 4.53. The van der Waals surface area contributed by atoms with Gasteiger partial charge in [0.2, 0.25) is 0 Å². The molecule has 0 aliphatic carbocycles. The molecule has 1 aromatic carbocycles. The summed E-state index contributed by atoms with van der Waals surface area (Å²) in [4.78, 5) is 11.7. The van der Waals surface area contributed by atoms with Gasteiger partial charge in [0.1, 0.15) is 0 Å². The number of furan rings is 1. The van der Waals surface area contributed by atoms with Gasteiger partial charge < -0.3 is 14.3 Å².